The minimum absolute atomic E-state index is 0.0654. The van der Waals surface area contributed by atoms with E-state index < -0.39 is 35.5 Å². The van der Waals surface area contributed by atoms with Crippen LogP contribution in [0.2, 0.25) is 0 Å². The van der Waals surface area contributed by atoms with Gasteiger partial charge in [-0.3, -0.25) is 19.2 Å². The molecule has 7 nitrogen and oxygen atoms in total. The van der Waals surface area contributed by atoms with Crippen LogP contribution >= 0.6 is 0 Å². The van der Waals surface area contributed by atoms with Crippen molar-refractivity contribution in [2.24, 2.45) is 33.5 Å². The fourth-order valence-electron chi connectivity index (χ4n) is 9.29. The van der Waals surface area contributed by atoms with Crippen LogP contribution in [-0.4, -0.2) is 47.4 Å². The molecule has 0 amide bonds. The van der Waals surface area contributed by atoms with Crippen LogP contribution in [0.3, 0.4) is 0 Å². The van der Waals surface area contributed by atoms with Crippen LogP contribution in [0, 0.1) is 33.5 Å². The molecule has 5 aliphatic rings. The molecule has 168 valence electrons. The van der Waals surface area contributed by atoms with Gasteiger partial charge in [-0.2, -0.15) is 0 Å². The van der Waals surface area contributed by atoms with E-state index in [9.17, 15) is 24.3 Å². The molecule has 8 atom stereocenters. The Morgan fingerprint density at radius 2 is 1.94 bits per heavy atom. The van der Waals surface area contributed by atoms with Crippen LogP contribution < -0.4 is 0 Å². The lowest BCUT2D eigenvalue weighted by Gasteiger charge is -2.54. The normalized spacial score (nSPS) is 51.2. The first-order chi connectivity index (χ1) is 14.5. The lowest BCUT2D eigenvalue weighted by Crippen LogP contribution is -2.60. The predicted molar refractivity (Wildman–Crippen MR) is 107 cm³/mol. The second-order valence-electron chi connectivity index (χ2n) is 10.8. The van der Waals surface area contributed by atoms with E-state index in [4.69, 9.17) is 9.47 Å². The van der Waals surface area contributed by atoms with Crippen molar-refractivity contribution >= 4 is 24.0 Å². The zero-order valence-corrected chi connectivity index (χ0v) is 18.3. The summed E-state index contributed by atoms with van der Waals surface area (Å²) in [7, 11) is 0. The third kappa shape index (κ3) is 2.05. The van der Waals surface area contributed by atoms with Crippen molar-refractivity contribution in [2.45, 2.75) is 71.0 Å². The van der Waals surface area contributed by atoms with Crippen molar-refractivity contribution in [1.82, 2.24) is 0 Å². The maximum atomic E-state index is 13.0. The number of allylic oxidation sites excluding steroid dienone is 2. The topological polar surface area (TPSA) is 107 Å². The number of hydrogen-bond donors (Lipinski definition) is 1. The quantitative estimate of drug-likeness (QED) is 0.526. The van der Waals surface area contributed by atoms with Crippen LogP contribution in [0.4, 0.5) is 0 Å². The SMILES string of the molecule is CC(=O)OCC(=O)[C@@]1(O)CC[C@H]2[C@@H]3CC[C@@]45CC(=O)C=C[C@]4(C)[C@@]35[C@@H](OC=O)C[C@@]21C. The molecule has 0 unspecified atom stereocenters. The van der Waals surface area contributed by atoms with Crippen molar-refractivity contribution in [2.75, 3.05) is 6.61 Å². The number of rotatable bonds is 5. The van der Waals surface area contributed by atoms with E-state index >= 15 is 0 Å². The number of carbonyl (C=O) groups is 4. The molecular formula is C24H30O7. The highest BCUT2D eigenvalue weighted by atomic mass is 16.5. The van der Waals surface area contributed by atoms with Crippen molar-refractivity contribution < 1.29 is 33.8 Å². The molecule has 0 heterocycles. The van der Waals surface area contributed by atoms with Crippen molar-refractivity contribution in [3.63, 3.8) is 0 Å². The number of esters is 1. The molecule has 0 aromatic rings. The third-order valence-corrected chi connectivity index (χ3v) is 10.4. The average Bonchev–Trinajstić information content (AvgIpc) is 2.92. The van der Waals surface area contributed by atoms with Gasteiger partial charge in [-0.15, -0.1) is 0 Å². The number of fused-ring (bicyclic) bond motifs is 2. The van der Waals surface area contributed by atoms with Gasteiger partial charge < -0.3 is 14.6 Å². The summed E-state index contributed by atoms with van der Waals surface area (Å²) in [5.74, 6) is -0.725. The molecule has 0 bridgehead atoms. The first-order valence-corrected chi connectivity index (χ1v) is 11.2. The van der Waals surface area contributed by atoms with Crippen LogP contribution in [-0.2, 0) is 28.7 Å². The molecule has 0 aromatic heterocycles. The lowest BCUT2D eigenvalue weighted by atomic mass is 9.52. The highest BCUT2D eigenvalue weighted by molar-refractivity contribution is 5.93. The Morgan fingerprint density at radius 1 is 1.23 bits per heavy atom. The van der Waals surface area contributed by atoms with Gasteiger partial charge in [0, 0.05) is 29.6 Å². The summed E-state index contributed by atoms with van der Waals surface area (Å²) in [5, 5.41) is 11.6. The molecule has 4 saturated carbocycles. The summed E-state index contributed by atoms with van der Waals surface area (Å²) in [5.41, 5.74) is -3.21. The summed E-state index contributed by atoms with van der Waals surface area (Å²) in [6.07, 6.45) is 6.81. The molecule has 0 radical (unpaired) electrons. The smallest absolute Gasteiger partial charge is 0.303 e. The Bertz CT molecular complexity index is 925. The van der Waals surface area contributed by atoms with E-state index in [0.717, 1.165) is 12.8 Å². The first kappa shape index (κ1) is 20.9. The van der Waals surface area contributed by atoms with E-state index in [0.29, 0.717) is 32.2 Å². The van der Waals surface area contributed by atoms with E-state index in [1.165, 1.54) is 6.92 Å². The van der Waals surface area contributed by atoms with Gasteiger partial charge in [-0.05, 0) is 55.4 Å². The van der Waals surface area contributed by atoms with Gasteiger partial charge in [0.25, 0.3) is 6.47 Å². The van der Waals surface area contributed by atoms with Crippen LogP contribution in [0.5, 0.6) is 0 Å². The Labute approximate surface area is 181 Å². The van der Waals surface area contributed by atoms with Crippen LogP contribution in [0.25, 0.3) is 0 Å². The summed E-state index contributed by atoms with van der Waals surface area (Å²) < 4.78 is 10.7. The largest absolute Gasteiger partial charge is 0.464 e. The maximum Gasteiger partial charge on any atom is 0.303 e. The Morgan fingerprint density at radius 3 is 2.61 bits per heavy atom. The van der Waals surface area contributed by atoms with Crippen LogP contribution in [0.15, 0.2) is 12.2 Å². The summed E-state index contributed by atoms with van der Waals surface area (Å²) >= 11 is 0. The number of aliphatic hydroxyl groups is 1. The monoisotopic (exact) mass is 430 g/mol. The Kier molecular flexibility index (Phi) is 4.08. The summed E-state index contributed by atoms with van der Waals surface area (Å²) in [6.45, 7) is 5.35. The van der Waals surface area contributed by atoms with Crippen molar-refractivity contribution in [1.29, 1.82) is 0 Å². The maximum absolute atomic E-state index is 13.0. The molecule has 5 aliphatic carbocycles. The fourth-order valence-corrected chi connectivity index (χ4v) is 9.29. The van der Waals surface area contributed by atoms with Gasteiger partial charge in [0.2, 0.25) is 5.78 Å². The van der Waals surface area contributed by atoms with Gasteiger partial charge in [-0.25, -0.2) is 0 Å². The standard InChI is InChI=1S/C24H30O7/c1-14(26)30-12-18(28)23(29)9-6-16-17-5-8-22-10-15(27)4-7-21(22,3)24(17,22)19(31-13-25)11-20(16,23)2/h4,7,13,16-17,19,29H,5-6,8-12H2,1-3H3/t16-,17-,19-,20-,21-,22+,23-,24-/m0/s1. The van der Waals surface area contributed by atoms with Gasteiger partial charge in [-0.1, -0.05) is 19.9 Å². The molecule has 7 heteroatoms. The zero-order chi connectivity index (χ0) is 22.4. The van der Waals surface area contributed by atoms with E-state index in [-0.39, 0.29) is 33.9 Å². The van der Waals surface area contributed by atoms with E-state index in [1.54, 1.807) is 6.08 Å². The molecular weight excluding hydrogens is 400 g/mol. The van der Waals surface area contributed by atoms with Gasteiger partial charge in [0.15, 0.2) is 12.4 Å². The fraction of sp³-hybridized carbons (Fsp3) is 0.750. The molecule has 0 aromatic carbocycles. The highest BCUT2D eigenvalue weighted by Gasteiger charge is 2.93. The Hall–Kier alpha value is -2.02. The predicted octanol–water partition coefficient (Wildman–Crippen LogP) is 2.14. The number of carbonyl (C=O) groups excluding carboxylic acids is 4. The van der Waals surface area contributed by atoms with Gasteiger partial charge in [0.05, 0.1) is 0 Å². The molecule has 1 N–H and O–H groups in total. The molecule has 0 aliphatic heterocycles. The third-order valence-electron chi connectivity index (χ3n) is 10.4. The lowest BCUT2D eigenvalue weighted by molar-refractivity contribution is -0.185. The van der Waals surface area contributed by atoms with Crippen molar-refractivity contribution in [3.05, 3.63) is 12.2 Å². The minimum atomic E-state index is -1.64. The van der Waals surface area contributed by atoms with Gasteiger partial charge >= 0.3 is 5.97 Å². The zero-order valence-electron chi connectivity index (χ0n) is 18.3. The number of ether oxygens (including phenoxy) is 2. The van der Waals surface area contributed by atoms with Crippen LogP contribution in [0.1, 0.15) is 59.3 Å². The van der Waals surface area contributed by atoms with E-state index in [1.807, 2.05) is 13.0 Å². The molecule has 5 rings (SSSR count). The van der Waals surface area contributed by atoms with Gasteiger partial charge in [0.1, 0.15) is 11.7 Å². The van der Waals surface area contributed by atoms with E-state index in [2.05, 4.69) is 6.92 Å². The second kappa shape index (κ2) is 6.06. The number of Topliss-reactive ketones (excluding diaryl/α,β-unsaturated/α-hetero) is 1. The molecule has 2 spiro atoms. The average molecular weight is 430 g/mol. The molecule has 0 saturated heterocycles. The number of hydrogen-bond acceptors (Lipinski definition) is 7. The molecule has 31 heavy (non-hydrogen) atoms. The van der Waals surface area contributed by atoms with Crippen molar-refractivity contribution in [3.8, 4) is 0 Å². The summed E-state index contributed by atoms with van der Waals surface area (Å²) in [6, 6.07) is 0. The minimum Gasteiger partial charge on any atom is -0.464 e. The highest BCUT2D eigenvalue weighted by Crippen LogP contribution is 2.94. The summed E-state index contributed by atoms with van der Waals surface area (Å²) in [4.78, 5) is 48.2. The second-order valence-corrected chi connectivity index (χ2v) is 10.8. The number of ketones is 2. The molecule has 4 fully saturated rings. The Balaban J connectivity index is 1.56. The first-order valence-electron chi connectivity index (χ1n) is 11.2.